The van der Waals surface area contributed by atoms with Crippen molar-refractivity contribution in [3.05, 3.63) is 51.8 Å². The lowest BCUT2D eigenvalue weighted by molar-refractivity contribution is 0.729. The van der Waals surface area contributed by atoms with Crippen LogP contribution in [0.2, 0.25) is 0 Å². The van der Waals surface area contributed by atoms with Crippen molar-refractivity contribution in [2.24, 2.45) is 12.0 Å². The molecule has 25 heavy (non-hydrogen) atoms. The zero-order valence-corrected chi connectivity index (χ0v) is 16.4. The molecule has 0 bridgehead atoms. The summed E-state index contributed by atoms with van der Waals surface area (Å²) in [5.74, 6) is 0.863. The molecule has 0 saturated carbocycles. The van der Waals surface area contributed by atoms with E-state index in [1.54, 1.807) is 0 Å². The number of hydrogen-bond acceptors (Lipinski definition) is 2. The number of aryl methyl sites for hydroxylation is 4. The average molecular weight is 342 g/mol. The first-order chi connectivity index (χ1) is 11.9. The Labute approximate surface area is 151 Å². The lowest BCUT2D eigenvalue weighted by atomic mass is 10.1. The fourth-order valence-electron chi connectivity index (χ4n) is 3.01. The highest BCUT2D eigenvalue weighted by molar-refractivity contribution is 5.79. The van der Waals surface area contributed by atoms with Gasteiger partial charge < -0.3 is 10.6 Å². The second-order valence-electron chi connectivity index (χ2n) is 6.57. The molecule has 2 N–H and O–H groups in total. The fourth-order valence-corrected chi connectivity index (χ4v) is 3.01. The summed E-state index contributed by atoms with van der Waals surface area (Å²) in [4.78, 5) is 4.73. The van der Waals surface area contributed by atoms with Gasteiger partial charge in [-0.05, 0) is 57.7 Å². The Morgan fingerprint density at radius 1 is 1.16 bits per heavy atom. The molecule has 1 aromatic carbocycles. The van der Waals surface area contributed by atoms with Crippen LogP contribution in [0, 0.1) is 27.7 Å². The van der Waals surface area contributed by atoms with E-state index in [1.807, 2.05) is 11.7 Å². The van der Waals surface area contributed by atoms with Gasteiger partial charge in [-0.3, -0.25) is 4.68 Å². The molecule has 0 saturated heterocycles. The van der Waals surface area contributed by atoms with Crippen molar-refractivity contribution in [2.75, 3.05) is 13.1 Å². The van der Waals surface area contributed by atoms with E-state index in [0.29, 0.717) is 6.54 Å². The number of nitrogens with one attached hydrogen (secondary N) is 2. The largest absolute Gasteiger partial charge is 0.357 e. The third kappa shape index (κ3) is 5.08. The molecule has 5 nitrogen and oxygen atoms in total. The van der Waals surface area contributed by atoms with Gasteiger partial charge in [0, 0.05) is 25.8 Å². The molecule has 1 heterocycles. The van der Waals surface area contributed by atoms with Crippen LogP contribution in [-0.2, 0) is 20.0 Å². The lowest BCUT2D eigenvalue weighted by Crippen LogP contribution is -2.38. The van der Waals surface area contributed by atoms with Gasteiger partial charge in [0.05, 0.1) is 12.2 Å². The molecule has 0 aliphatic rings. The minimum Gasteiger partial charge on any atom is -0.357 e. The number of aliphatic imine (C=N–C) groups is 1. The Balaban J connectivity index is 1.97. The van der Waals surface area contributed by atoms with Crippen molar-refractivity contribution in [2.45, 2.75) is 47.6 Å². The lowest BCUT2D eigenvalue weighted by Gasteiger charge is -2.12. The van der Waals surface area contributed by atoms with Crippen molar-refractivity contribution in [3.8, 4) is 0 Å². The molecule has 0 amide bonds. The van der Waals surface area contributed by atoms with E-state index in [0.717, 1.165) is 31.2 Å². The Kier molecular flexibility index (Phi) is 6.62. The van der Waals surface area contributed by atoms with Gasteiger partial charge in [0.2, 0.25) is 0 Å². The van der Waals surface area contributed by atoms with Crippen molar-refractivity contribution in [1.82, 2.24) is 20.4 Å². The number of nitrogens with zero attached hydrogens (tertiary/aromatic N) is 3. The van der Waals surface area contributed by atoms with Gasteiger partial charge in [-0.1, -0.05) is 23.8 Å². The van der Waals surface area contributed by atoms with Crippen LogP contribution in [0.1, 0.15) is 40.6 Å². The van der Waals surface area contributed by atoms with Crippen LogP contribution in [0.5, 0.6) is 0 Å². The van der Waals surface area contributed by atoms with E-state index < -0.39 is 0 Å². The van der Waals surface area contributed by atoms with Crippen molar-refractivity contribution < 1.29 is 0 Å². The molecule has 0 spiro atoms. The number of benzene rings is 1. The summed E-state index contributed by atoms with van der Waals surface area (Å²) in [5.41, 5.74) is 7.51. The minimum atomic E-state index is 0.687. The fraction of sp³-hybridized carbons (Fsp3) is 0.500. The summed E-state index contributed by atoms with van der Waals surface area (Å²) in [6.07, 6.45) is 0.944. The Morgan fingerprint density at radius 3 is 2.52 bits per heavy atom. The topological polar surface area (TPSA) is 54.2 Å². The molecule has 0 fully saturated rings. The SMILES string of the molecule is CCNC(=NCc1ccc(C)cc1C)NCCc1c(C)nn(C)c1C. The molecular formula is C20H31N5. The number of aromatic nitrogens is 2. The Hall–Kier alpha value is -2.30. The first-order valence-electron chi connectivity index (χ1n) is 8.99. The normalized spacial score (nSPS) is 11.7. The van der Waals surface area contributed by atoms with E-state index in [4.69, 9.17) is 4.99 Å². The van der Waals surface area contributed by atoms with Crippen LogP contribution in [0.4, 0.5) is 0 Å². The minimum absolute atomic E-state index is 0.687. The van der Waals surface area contributed by atoms with E-state index in [9.17, 15) is 0 Å². The monoisotopic (exact) mass is 341 g/mol. The van der Waals surface area contributed by atoms with Gasteiger partial charge in [-0.25, -0.2) is 4.99 Å². The zero-order valence-electron chi connectivity index (χ0n) is 16.4. The number of guanidine groups is 1. The second-order valence-corrected chi connectivity index (χ2v) is 6.57. The standard InChI is InChI=1S/C20H31N5/c1-7-21-20(23-13-18-9-8-14(2)12-15(18)3)22-11-10-19-16(4)24-25(6)17(19)5/h8-9,12H,7,10-11,13H2,1-6H3,(H2,21,22,23). The summed E-state index contributed by atoms with van der Waals surface area (Å²) in [6, 6.07) is 6.52. The van der Waals surface area contributed by atoms with Crippen molar-refractivity contribution in [1.29, 1.82) is 0 Å². The second kappa shape index (κ2) is 8.70. The summed E-state index contributed by atoms with van der Waals surface area (Å²) >= 11 is 0. The Bertz CT molecular complexity index is 743. The van der Waals surface area contributed by atoms with Gasteiger partial charge in [0.25, 0.3) is 0 Å². The van der Waals surface area contributed by atoms with E-state index in [-0.39, 0.29) is 0 Å². The third-order valence-corrected chi connectivity index (χ3v) is 4.58. The summed E-state index contributed by atoms with van der Waals surface area (Å²) in [5, 5.41) is 11.2. The molecule has 0 unspecified atom stereocenters. The first kappa shape index (κ1) is 19.0. The van der Waals surface area contributed by atoms with E-state index in [2.05, 4.69) is 68.6 Å². The zero-order chi connectivity index (χ0) is 18.4. The highest BCUT2D eigenvalue weighted by Crippen LogP contribution is 2.12. The molecule has 2 aromatic rings. The predicted molar refractivity (Wildman–Crippen MR) is 105 cm³/mol. The van der Waals surface area contributed by atoms with Gasteiger partial charge in [-0.15, -0.1) is 0 Å². The highest BCUT2D eigenvalue weighted by atomic mass is 15.3. The molecular weight excluding hydrogens is 310 g/mol. The van der Waals surface area contributed by atoms with Gasteiger partial charge in [0.1, 0.15) is 0 Å². The molecule has 136 valence electrons. The predicted octanol–water partition coefficient (Wildman–Crippen LogP) is 2.95. The Morgan fingerprint density at radius 2 is 1.92 bits per heavy atom. The molecule has 5 heteroatoms. The van der Waals surface area contributed by atoms with Crippen LogP contribution in [0.15, 0.2) is 23.2 Å². The maximum Gasteiger partial charge on any atom is 0.191 e. The highest BCUT2D eigenvalue weighted by Gasteiger charge is 2.09. The summed E-state index contributed by atoms with van der Waals surface area (Å²) in [6.45, 7) is 12.9. The maximum atomic E-state index is 4.73. The van der Waals surface area contributed by atoms with Crippen LogP contribution >= 0.6 is 0 Å². The number of hydrogen-bond donors (Lipinski definition) is 2. The molecule has 0 aliphatic heterocycles. The average Bonchev–Trinajstić information content (AvgIpc) is 2.80. The van der Waals surface area contributed by atoms with E-state index >= 15 is 0 Å². The molecule has 0 aliphatic carbocycles. The third-order valence-electron chi connectivity index (χ3n) is 4.58. The van der Waals surface area contributed by atoms with E-state index in [1.165, 1.54) is 27.9 Å². The smallest absolute Gasteiger partial charge is 0.191 e. The van der Waals surface area contributed by atoms with Crippen LogP contribution in [0.3, 0.4) is 0 Å². The molecule has 1 aromatic heterocycles. The van der Waals surface area contributed by atoms with Crippen LogP contribution < -0.4 is 10.6 Å². The summed E-state index contributed by atoms with van der Waals surface area (Å²) in [7, 11) is 1.99. The van der Waals surface area contributed by atoms with Crippen molar-refractivity contribution >= 4 is 5.96 Å². The summed E-state index contributed by atoms with van der Waals surface area (Å²) < 4.78 is 1.95. The molecule has 0 atom stereocenters. The molecule has 2 rings (SSSR count). The molecule has 0 radical (unpaired) electrons. The van der Waals surface area contributed by atoms with Gasteiger partial charge in [-0.2, -0.15) is 5.10 Å². The van der Waals surface area contributed by atoms with Crippen molar-refractivity contribution in [3.63, 3.8) is 0 Å². The first-order valence-corrected chi connectivity index (χ1v) is 8.99. The maximum absolute atomic E-state index is 4.73. The number of rotatable bonds is 6. The van der Waals surface area contributed by atoms with Gasteiger partial charge in [0.15, 0.2) is 5.96 Å². The quantitative estimate of drug-likeness (QED) is 0.627. The van der Waals surface area contributed by atoms with Gasteiger partial charge >= 0.3 is 0 Å². The van der Waals surface area contributed by atoms with Crippen LogP contribution in [0.25, 0.3) is 0 Å². The van der Waals surface area contributed by atoms with Crippen LogP contribution in [-0.4, -0.2) is 28.8 Å².